The molecule has 0 saturated heterocycles. The summed E-state index contributed by atoms with van der Waals surface area (Å²) in [5, 5.41) is 8.30. The highest BCUT2D eigenvalue weighted by Crippen LogP contribution is 2.27. The predicted octanol–water partition coefficient (Wildman–Crippen LogP) is 6.10. The van der Waals surface area contributed by atoms with Crippen LogP contribution in [0.4, 0.5) is 5.82 Å². The molecule has 36 heavy (non-hydrogen) atoms. The molecule has 0 aliphatic rings. The van der Waals surface area contributed by atoms with Crippen LogP contribution in [0.25, 0.3) is 5.69 Å². The number of hydrogen-bond acceptors (Lipinski definition) is 4. The predicted molar refractivity (Wildman–Crippen MR) is 144 cm³/mol. The third-order valence-electron chi connectivity index (χ3n) is 5.81. The fraction of sp³-hybridized carbons (Fsp3) is 0.393. The summed E-state index contributed by atoms with van der Waals surface area (Å²) in [4.78, 5) is 28.0. The number of nitrogens with one attached hydrogen (secondary N) is 1. The van der Waals surface area contributed by atoms with Crippen molar-refractivity contribution in [1.29, 1.82) is 0 Å². The summed E-state index contributed by atoms with van der Waals surface area (Å²) < 4.78 is 6.97. The van der Waals surface area contributed by atoms with Gasteiger partial charge in [-0.25, -0.2) is 4.68 Å². The molecular formula is C28H35ClN4O3. The molecule has 0 spiro atoms. The minimum absolute atomic E-state index is 0.0657. The molecule has 0 radical (unpaired) electrons. The Kier molecular flexibility index (Phi) is 9.15. The van der Waals surface area contributed by atoms with Crippen molar-refractivity contribution < 1.29 is 14.3 Å². The van der Waals surface area contributed by atoms with E-state index in [2.05, 4.69) is 33.0 Å². The molecule has 0 aliphatic heterocycles. The van der Waals surface area contributed by atoms with Gasteiger partial charge in [-0.15, -0.1) is 0 Å². The molecule has 1 heterocycles. The van der Waals surface area contributed by atoms with E-state index in [9.17, 15) is 9.59 Å². The van der Waals surface area contributed by atoms with Crippen molar-refractivity contribution in [1.82, 2.24) is 14.7 Å². The third kappa shape index (κ3) is 7.10. The number of rotatable bonds is 10. The quantitative estimate of drug-likeness (QED) is 0.334. The molecule has 1 N–H and O–H groups in total. The van der Waals surface area contributed by atoms with Crippen LogP contribution in [0.2, 0.25) is 5.02 Å². The SMILES string of the molecule is CCCCCN(CC(=O)Nc1cc(C(C)(C)C)nn1-c1ccc(OC)cc1)C(=O)c1ccc(Cl)cc1. The highest BCUT2D eigenvalue weighted by atomic mass is 35.5. The fourth-order valence-electron chi connectivity index (χ4n) is 3.69. The van der Waals surface area contributed by atoms with Crippen molar-refractivity contribution >= 4 is 29.2 Å². The lowest BCUT2D eigenvalue weighted by Crippen LogP contribution is -2.39. The molecule has 2 amide bonds. The summed E-state index contributed by atoms with van der Waals surface area (Å²) in [5.74, 6) is 0.791. The van der Waals surface area contributed by atoms with Gasteiger partial charge >= 0.3 is 0 Å². The first-order valence-electron chi connectivity index (χ1n) is 12.2. The third-order valence-corrected chi connectivity index (χ3v) is 6.06. The standard InChI is InChI=1S/C28H35ClN4O3/c1-6-7-8-17-32(27(35)20-9-11-21(29)12-10-20)19-26(34)30-25-18-24(28(2,3)4)31-33(25)22-13-15-23(36-5)16-14-22/h9-16,18H,6-8,17,19H2,1-5H3,(H,30,34). The minimum Gasteiger partial charge on any atom is -0.497 e. The molecule has 8 heteroatoms. The van der Waals surface area contributed by atoms with Crippen molar-refractivity contribution in [2.75, 3.05) is 25.5 Å². The van der Waals surface area contributed by atoms with Gasteiger partial charge in [-0.05, 0) is 55.0 Å². The van der Waals surface area contributed by atoms with E-state index in [-0.39, 0.29) is 23.8 Å². The number of nitrogens with zero attached hydrogens (tertiary/aromatic N) is 3. The first kappa shape index (κ1) is 27.3. The molecule has 0 unspecified atom stereocenters. The van der Waals surface area contributed by atoms with Gasteiger partial charge in [0.2, 0.25) is 5.91 Å². The number of unbranched alkanes of at least 4 members (excludes halogenated alkanes) is 2. The molecule has 0 atom stereocenters. The number of hydrogen-bond donors (Lipinski definition) is 1. The minimum atomic E-state index is -0.288. The zero-order chi connectivity index (χ0) is 26.3. The van der Waals surface area contributed by atoms with Crippen LogP contribution in [0.3, 0.4) is 0 Å². The molecular weight excluding hydrogens is 476 g/mol. The second-order valence-corrected chi connectivity index (χ2v) is 10.2. The zero-order valence-electron chi connectivity index (χ0n) is 21.7. The molecule has 0 fully saturated rings. The molecule has 3 aromatic rings. The largest absolute Gasteiger partial charge is 0.497 e. The van der Waals surface area contributed by atoms with E-state index in [1.807, 2.05) is 30.3 Å². The summed E-state index contributed by atoms with van der Waals surface area (Å²) in [6.07, 6.45) is 2.82. The smallest absolute Gasteiger partial charge is 0.254 e. The lowest BCUT2D eigenvalue weighted by atomic mass is 9.92. The molecule has 192 valence electrons. The monoisotopic (exact) mass is 510 g/mol. The van der Waals surface area contributed by atoms with Crippen LogP contribution < -0.4 is 10.1 Å². The molecule has 1 aromatic heterocycles. The second kappa shape index (κ2) is 12.1. The Morgan fingerprint density at radius 1 is 1.06 bits per heavy atom. The van der Waals surface area contributed by atoms with Crippen molar-refractivity contribution in [2.24, 2.45) is 0 Å². The number of ether oxygens (including phenoxy) is 1. The molecule has 2 aromatic carbocycles. The number of methoxy groups -OCH3 is 1. The van der Waals surface area contributed by atoms with Crippen molar-refractivity contribution in [3.8, 4) is 11.4 Å². The van der Waals surface area contributed by atoms with E-state index in [4.69, 9.17) is 21.4 Å². The Morgan fingerprint density at radius 3 is 2.31 bits per heavy atom. The number of halogens is 1. The van der Waals surface area contributed by atoms with Crippen LogP contribution in [0.15, 0.2) is 54.6 Å². The summed E-state index contributed by atoms with van der Waals surface area (Å²) in [6, 6.07) is 16.1. The number of anilines is 1. The van der Waals surface area contributed by atoms with Gasteiger partial charge in [-0.3, -0.25) is 9.59 Å². The first-order valence-corrected chi connectivity index (χ1v) is 12.6. The lowest BCUT2D eigenvalue weighted by Gasteiger charge is -2.22. The van der Waals surface area contributed by atoms with Gasteiger partial charge in [0.1, 0.15) is 18.1 Å². The van der Waals surface area contributed by atoms with Crippen LogP contribution in [0, 0.1) is 0 Å². The first-order chi connectivity index (χ1) is 17.1. The van der Waals surface area contributed by atoms with Crippen LogP contribution in [0.5, 0.6) is 5.75 Å². The molecule has 0 saturated carbocycles. The van der Waals surface area contributed by atoms with Gasteiger partial charge < -0.3 is 15.0 Å². The van der Waals surface area contributed by atoms with E-state index in [0.29, 0.717) is 22.9 Å². The Morgan fingerprint density at radius 2 is 1.72 bits per heavy atom. The molecule has 3 rings (SSSR count). The number of benzene rings is 2. The van der Waals surface area contributed by atoms with Crippen LogP contribution in [-0.2, 0) is 10.2 Å². The van der Waals surface area contributed by atoms with E-state index in [1.54, 1.807) is 41.0 Å². The Bertz CT molecular complexity index is 1170. The summed E-state index contributed by atoms with van der Waals surface area (Å²) in [6.45, 7) is 8.74. The average molecular weight is 511 g/mol. The maximum Gasteiger partial charge on any atom is 0.254 e. The summed E-state index contributed by atoms with van der Waals surface area (Å²) in [5.41, 5.74) is 1.92. The number of carbonyl (C=O) groups is 2. The van der Waals surface area contributed by atoms with Crippen molar-refractivity contribution in [2.45, 2.75) is 52.4 Å². The number of aromatic nitrogens is 2. The Hall–Kier alpha value is -3.32. The van der Waals surface area contributed by atoms with Gasteiger partial charge in [0.15, 0.2) is 0 Å². The van der Waals surface area contributed by atoms with Crippen LogP contribution >= 0.6 is 11.6 Å². The van der Waals surface area contributed by atoms with Gasteiger partial charge in [0.25, 0.3) is 5.91 Å². The Labute approximate surface area is 218 Å². The highest BCUT2D eigenvalue weighted by molar-refractivity contribution is 6.30. The van der Waals surface area contributed by atoms with Gasteiger partial charge in [0.05, 0.1) is 18.5 Å². The zero-order valence-corrected chi connectivity index (χ0v) is 22.4. The fourth-order valence-corrected chi connectivity index (χ4v) is 3.82. The van der Waals surface area contributed by atoms with E-state index in [0.717, 1.165) is 36.4 Å². The van der Waals surface area contributed by atoms with E-state index in [1.165, 1.54) is 0 Å². The number of amides is 2. The molecule has 0 aliphatic carbocycles. The van der Waals surface area contributed by atoms with Crippen LogP contribution in [-0.4, -0.2) is 46.7 Å². The van der Waals surface area contributed by atoms with Crippen molar-refractivity contribution in [3.63, 3.8) is 0 Å². The van der Waals surface area contributed by atoms with Crippen molar-refractivity contribution in [3.05, 3.63) is 70.9 Å². The topological polar surface area (TPSA) is 76.5 Å². The van der Waals surface area contributed by atoms with Crippen LogP contribution in [0.1, 0.15) is 63.0 Å². The maximum absolute atomic E-state index is 13.2. The molecule has 7 nitrogen and oxygen atoms in total. The van der Waals surface area contributed by atoms with Gasteiger partial charge in [-0.2, -0.15) is 5.10 Å². The molecule has 0 bridgehead atoms. The summed E-state index contributed by atoms with van der Waals surface area (Å²) in [7, 11) is 1.61. The lowest BCUT2D eigenvalue weighted by molar-refractivity contribution is -0.117. The maximum atomic E-state index is 13.2. The average Bonchev–Trinajstić information content (AvgIpc) is 3.28. The van der Waals surface area contributed by atoms with Gasteiger partial charge in [0, 0.05) is 28.6 Å². The van der Waals surface area contributed by atoms with E-state index >= 15 is 0 Å². The highest BCUT2D eigenvalue weighted by Gasteiger charge is 2.23. The number of carbonyl (C=O) groups excluding carboxylic acids is 2. The normalized spacial score (nSPS) is 11.3. The summed E-state index contributed by atoms with van der Waals surface area (Å²) >= 11 is 5.98. The Balaban J connectivity index is 1.84. The van der Waals surface area contributed by atoms with E-state index < -0.39 is 0 Å². The second-order valence-electron chi connectivity index (χ2n) is 9.76. The van der Waals surface area contributed by atoms with Gasteiger partial charge in [-0.1, -0.05) is 52.1 Å².